The van der Waals surface area contributed by atoms with Gasteiger partial charge in [-0.05, 0) is 85.7 Å². The molecule has 0 saturated carbocycles. The fourth-order valence-corrected chi connectivity index (χ4v) is 8.81. The van der Waals surface area contributed by atoms with Crippen LogP contribution < -0.4 is 14.8 Å². The van der Waals surface area contributed by atoms with Gasteiger partial charge in [0.05, 0.1) is 68.7 Å². The van der Waals surface area contributed by atoms with Gasteiger partial charge in [-0.25, -0.2) is 4.58 Å². The third-order valence-electron chi connectivity index (χ3n) is 10.2. The molecule has 4 N–H and O–H groups in total. The van der Waals surface area contributed by atoms with E-state index >= 15 is 0 Å². The lowest BCUT2D eigenvalue weighted by Gasteiger charge is -2.30. The predicted molar refractivity (Wildman–Crippen MR) is 229 cm³/mol. The summed E-state index contributed by atoms with van der Waals surface area (Å²) in [6.45, 7) is 13.0. The van der Waals surface area contributed by atoms with E-state index in [9.17, 15) is 38.9 Å². The molecule has 0 spiro atoms. The van der Waals surface area contributed by atoms with E-state index in [2.05, 4.69) is 20.8 Å². The summed E-state index contributed by atoms with van der Waals surface area (Å²) < 4.78 is 125. The molecule has 0 radical (unpaired) electrons. The summed E-state index contributed by atoms with van der Waals surface area (Å²) in [5.41, 5.74) is 2.47. The Balaban J connectivity index is 1.76. The molecule has 0 amide bonds. The zero-order valence-electron chi connectivity index (χ0n) is 34.9. The van der Waals surface area contributed by atoms with Crippen molar-refractivity contribution in [3.63, 3.8) is 0 Å². The normalized spacial score (nSPS) is 17.6. The van der Waals surface area contributed by atoms with Gasteiger partial charge < -0.3 is 28.6 Å². The number of ether oxygens (including phenoxy) is 3. The summed E-state index contributed by atoms with van der Waals surface area (Å²) in [6.07, 6.45) is 5.89. The SMILES string of the molecule is CC[N+](CCCS(=O)(=O)O)=c1ccc2c(C(C)(C)C)cc(/C=C/C=C3/N(CCOCCOCCOCCO)c4ccc(S(=O)(=O)O)cc4C3(C)CCCS(=O)(=O)O)oc-2c1. The average Bonchev–Trinajstić information content (AvgIpc) is 3.37. The average molecular weight is 900 g/mol. The Morgan fingerprint density at radius 1 is 0.833 bits per heavy atom. The highest BCUT2D eigenvalue weighted by molar-refractivity contribution is 7.86. The number of hydrogen-bond donors (Lipinski definition) is 4. The molecule has 334 valence electrons. The lowest BCUT2D eigenvalue weighted by Crippen LogP contribution is -2.31. The first-order chi connectivity index (χ1) is 28.1. The minimum Gasteiger partial charge on any atom is -0.456 e. The molecule has 16 nitrogen and oxygen atoms in total. The van der Waals surface area contributed by atoms with Crippen molar-refractivity contribution in [2.24, 2.45) is 0 Å². The zero-order chi connectivity index (χ0) is 44.4. The van der Waals surface area contributed by atoms with Crippen LogP contribution in [0.2, 0.25) is 0 Å². The number of allylic oxidation sites excluding steroid dienone is 3. The number of aliphatic hydroxyl groups excluding tert-OH is 1. The maximum absolute atomic E-state index is 12.3. The van der Waals surface area contributed by atoms with E-state index in [1.807, 2.05) is 53.7 Å². The van der Waals surface area contributed by atoms with Gasteiger partial charge in [0.1, 0.15) is 24.6 Å². The van der Waals surface area contributed by atoms with Gasteiger partial charge >= 0.3 is 0 Å². The van der Waals surface area contributed by atoms with Gasteiger partial charge in [0.2, 0.25) is 5.36 Å². The predicted octanol–water partition coefficient (Wildman–Crippen LogP) is 4.38. The van der Waals surface area contributed by atoms with E-state index in [1.165, 1.54) is 12.1 Å². The number of nitrogens with zero attached hydrogens (tertiary/aromatic N) is 2. The molecule has 0 bridgehead atoms. The molecule has 2 aliphatic heterocycles. The standard InChI is InChI=1S/C41H58N2O14S3/c1-6-42(17-9-27-59(48,49)50)31-12-14-34-35(40(2,3)4)29-32(57-38(34)28-31)10-7-11-39-41(5,16-8-26-58(45,46)47)36-30-33(60(51,52)53)13-15-37(36)43(39)18-20-54-22-24-56-25-23-55-21-19-44/h7,10-15,28-30,44H,6,8-9,16-27H2,1-5H3,(H2-,45,46,47,48,49,50,51,52,53)/p+1. The van der Waals surface area contributed by atoms with Crippen molar-refractivity contribution >= 4 is 42.1 Å². The third kappa shape index (κ3) is 14.0. The molecule has 60 heavy (non-hydrogen) atoms. The largest absolute Gasteiger partial charge is 0.456 e. The fourth-order valence-electron chi connectivity index (χ4n) is 7.30. The molecular formula is C41H59N2O14S3+. The van der Waals surface area contributed by atoms with Crippen LogP contribution in [-0.2, 0) is 55.4 Å². The Hall–Kier alpha value is -3.50. The van der Waals surface area contributed by atoms with E-state index in [4.69, 9.17) is 23.7 Å². The van der Waals surface area contributed by atoms with Crippen molar-refractivity contribution in [2.75, 3.05) is 82.3 Å². The van der Waals surface area contributed by atoms with Crippen molar-refractivity contribution in [2.45, 2.75) is 69.6 Å². The van der Waals surface area contributed by atoms with Crippen molar-refractivity contribution in [1.82, 2.24) is 4.58 Å². The van der Waals surface area contributed by atoms with Gasteiger partial charge in [-0.2, -0.15) is 25.3 Å². The van der Waals surface area contributed by atoms with Crippen molar-refractivity contribution < 1.29 is 62.6 Å². The Morgan fingerprint density at radius 2 is 1.47 bits per heavy atom. The molecule has 1 aromatic carbocycles. The highest BCUT2D eigenvalue weighted by Gasteiger charge is 2.43. The minimum atomic E-state index is -4.60. The van der Waals surface area contributed by atoms with E-state index < -0.39 is 41.5 Å². The highest BCUT2D eigenvalue weighted by Crippen LogP contribution is 2.51. The van der Waals surface area contributed by atoms with E-state index in [0.717, 1.165) is 16.5 Å². The molecule has 0 fully saturated rings. The van der Waals surface area contributed by atoms with E-state index in [-0.39, 0.29) is 61.8 Å². The van der Waals surface area contributed by atoms with Crippen LogP contribution in [0.5, 0.6) is 0 Å². The summed E-state index contributed by atoms with van der Waals surface area (Å²) in [6, 6.07) is 12.1. The molecule has 1 atom stereocenters. The summed E-state index contributed by atoms with van der Waals surface area (Å²) in [4.78, 5) is 1.63. The van der Waals surface area contributed by atoms with Gasteiger partial charge in [0.15, 0.2) is 0 Å². The van der Waals surface area contributed by atoms with Crippen LogP contribution in [0.3, 0.4) is 0 Å². The highest BCUT2D eigenvalue weighted by atomic mass is 32.2. The first-order valence-electron chi connectivity index (χ1n) is 19.8. The van der Waals surface area contributed by atoms with Gasteiger partial charge in [-0.15, -0.1) is 0 Å². The smallest absolute Gasteiger partial charge is 0.294 e. The van der Waals surface area contributed by atoms with Crippen LogP contribution in [0.15, 0.2) is 69.6 Å². The Morgan fingerprint density at radius 3 is 2.07 bits per heavy atom. The number of hydrogen-bond acceptors (Lipinski definition) is 12. The van der Waals surface area contributed by atoms with Crippen LogP contribution >= 0.6 is 0 Å². The second kappa shape index (κ2) is 21.0. The Labute approximate surface area is 353 Å². The summed E-state index contributed by atoms with van der Waals surface area (Å²) in [7, 11) is -13.0. The molecule has 1 aliphatic carbocycles. The molecule has 0 aromatic heterocycles. The summed E-state index contributed by atoms with van der Waals surface area (Å²) >= 11 is 0. The molecule has 3 aliphatic rings. The maximum atomic E-state index is 12.3. The van der Waals surface area contributed by atoms with Crippen molar-refractivity contribution in [3.05, 3.63) is 82.6 Å². The maximum Gasteiger partial charge on any atom is 0.294 e. The van der Waals surface area contributed by atoms with Crippen LogP contribution in [0, 0.1) is 0 Å². The first-order valence-corrected chi connectivity index (χ1v) is 24.4. The molecular weight excluding hydrogens is 841 g/mol. The van der Waals surface area contributed by atoms with Crippen molar-refractivity contribution in [1.29, 1.82) is 0 Å². The van der Waals surface area contributed by atoms with Crippen LogP contribution in [0.25, 0.3) is 17.4 Å². The van der Waals surface area contributed by atoms with Gasteiger partial charge in [0.25, 0.3) is 30.4 Å². The first kappa shape index (κ1) is 49.2. The lowest BCUT2D eigenvalue weighted by molar-refractivity contribution is 0.00882. The fraction of sp³-hybridized carbons (Fsp3) is 0.537. The van der Waals surface area contributed by atoms with E-state index in [1.54, 1.807) is 18.2 Å². The molecule has 0 saturated heterocycles. The Bertz CT molecular complexity index is 2370. The van der Waals surface area contributed by atoms with Crippen LogP contribution in [-0.4, -0.2) is 121 Å². The number of anilines is 1. The molecule has 19 heteroatoms. The topological polar surface area (TPSA) is 230 Å². The number of rotatable bonds is 23. The van der Waals surface area contributed by atoms with Gasteiger partial charge in [0, 0.05) is 41.4 Å². The number of benzene rings is 2. The molecule has 4 rings (SSSR count). The molecule has 1 aromatic rings. The minimum absolute atomic E-state index is 0.0392. The number of aliphatic hydroxyl groups is 1. The van der Waals surface area contributed by atoms with Crippen LogP contribution in [0.1, 0.15) is 70.8 Å². The van der Waals surface area contributed by atoms with Gasteiger partial charge in [-0.1, -0.05) is 26.8 Å². The second-order valence-corrected chi connectivity index (χ2v) is 20.3. The second-order valence-electron chi connectivity index (χ2n) is 15.7. The van der Waals surface area contributed by atoms with E-state index in [0.29, 0.717) is 67.9 Å². The zero-order valence-corrected chi connectivity index (χ0v) is 37.3. The molecule has 1 unspecified atom stereocenters. The monoisotopic (exact) mass is 899 g/mol. The summed E-state index contributed by atoms with van der Waals surface area (Å²) in [5, 5.41) is 9.66. The third-order valence-corrected chi connectivity index (χ3v) is 12.7. The lowest BCUT2D eigenvalue weighted by atomic mass is 9.77. The van der Waals surface area contributed by atoms with Crippen LogP contribution in [0.4, 0.5) is 5.69 Å². The van der Waals surface area contributed by atoms with Crippen molar-refractivity contribution in [3.8, 4) is 11.3 Å². The molecule has 2 heterocycles. The Kier molecular flexibility index (Phi) is 17.2. The number of fused-ring (bicyclic) bond motifs is 2. The van der Waals surface area contributed by atoms with Gasteiger partial charge in [-0.3, -0.25) is 13.7 Å². The quantitative estimate of drug-likeness (QED) is 0.0588. The summed E-state index contributed by atoms with van der Waals surface area (Å²) in [5.74, 6) is 0.248.